The minimum atomic E-state index is -4.97. The van der Waals surface area contributed by atoms with Gasteiger partial charge in [-0.2, -0.15) is 13.2 Å². The van der Waals surface area contributed by atoms with Crippen molar-refractivity contribution in [2.75, 3.05) is 18.5 Å². The summed E-state index contributed by atoms with van der Waals surface area (Å²) in [6, 6.07) is 0.534. The molecule has 0 fully saturated rings. The van der Waals surface area contributed by atoms with Crippen LogP contribution in [0.2, 0.25) is 0 Å². The van der Waals surface area contributed by atoms with Gasteiger partial charge in [0, 0.05) is 32.1 Å². The van der Waals surface area contributed by atoms with Crippen LogP contribution in [0.5, 0.6) is 0 Å². The molecule has 0 heterocycles. The Morgan fingerprint density at radius 3 is 2.00 bits per heavy atom. The summed E-state index contributed by atoms with van der Waals surface area (Å²) >= 11 is 0. The van der Waals surface area contributed by atoms with E-state index in [2.05, 4.69) is 0 Å². The molecule has 26 heavy (non-hydrogen) atoms. The zero-order valence-electron chi connectivity index (χ0n) is 13.7. The van der Waals surface area contributed by atoms with Crippen LogP contribution in [0, 0.1) is 20.2 Å². The number of carboxylic acid groups (broad SMARTS) is 1. The lowest BCUT2D eigenvalue weighted by atomic mass is 10.1. The number of alkyl halides is 3. The highest BCUT2D eigenvalue weighted by molar-refractivity contribution is 5.76. The predicted molar refractivity (Wildman–Crippen MR) is 84.1 cm³/mol. The maximum atomic E-state index is 12.9. The number of rotatable bonds is 9. The van der Waals surface area contributed by atoms with Crippen molar-refractivity contribution in [1.82, 2.24) is 0 Å². The third kappa shape index (κ3) is 5.57. The highest BCUT2D eigenvalue weighted by atomic mass is 19.4. The first-order valence-corrected chi connectivity index (χ1v) is 7.42. The quantitative estimate of drug-likeness (QED) is 0.394. The number of nitro benzene ring substituents is 2. The van der Waals surface area contributed by atoms with E-state index in [-0.39, 0.29) is 25.1 Å². The summed E-state index contributed by atoms with van der Waals surface area (Å²) in [5, 5.41) is 30.8. The molecule has 0 aliphatic rings. The Morgan fingerprint density at radius 1 is 1.12 bits per heavy atom. The number of aliphatic carboxylic acids is 1. The van der Waals surface area contributed by atoms with Gasteiger partial charge in [-0.15, -0.1) is 0 Å². The van der Waals surface area contributed by atoms with Crippen LogP contribution < -0.4 is 4.90 Å². The van der Waals surface area contributed by atoms with Gasteiger partial charge in [0.05, 0.1) is 15.4 Å². The van der Waals surface area contributed by atoms with Gasteiger partial charge in [-0.3, -0.25) is 25.0 Å². The van der Waals surface area contributed by atoms with Gasteiger partial charge >= 0.3 is 12.1 Å². The number of carbonyl (C=O) groups is 1. The number of nitrogens with zero attached hydrogens (tertiary/aromatic N) is 3. The fourth-order valence-corrected chi connectivity index (χ4v) is 2.35. The van der Waals surface area contributed by atoms with Gasteiger partial charge in [-0.1, -0.05) is 6.42 Å². The van der Waals surface area contributed by atoms with E-state index in [4.69, 9.17) is 5.11 Å². The molecule has 0 spiro atoms. The Labute approximate surface area is 145 Å². The molecule has 0 aliphatic carbocycles. The van der Waals surface area contributed by atoms with Crippen LogP contribution in [-0.4, -0.2) is 34.5 Å². The predicted octanol–water partition coefficient (Wildman–Crippen LogP) is 3.60. The molecular weight excluding hydrogens is 363 g/mol. The van der Waals surface area contributed by atoms with Crippen molar-refractivity contribution in [2.45, 2.75) is 31.9 Å². The minimum Gasteiger partial charge on any atom is -0.481 e. The van der Waals surface area contributed by atoms with Crippen LogP contribution >= 0.6 is 0 Å². The molecule has 0 saturated heterocycles. The highest BCUT2D eigenvalue weighted by Crippen LogP contribution is 2.42. The first-order valence-electron chi connectivity index (χ1n) is 7.42. The third-order valence-corrected chi connectivity index (χ3v) is 3.56. The van der Waals surface area contributed by atoms with Crippen molar-refractivity contribution in [2.24, 2.45) is 0 Å². The monoisotopic (exact) mass is 379 g/mol. The summed E-state index contributed by atoms with van der Waals surface area (Å²) < 4.78 is 38.6. The maximum absolute atomic E-state index is 12.9. The Bertz CT molecular complexity index is 673. The second kappa shape index (κ2) is 8.45. The standard InChI is InChI=1S/C14H16F3N3O6/c1-18(6-4-2-3-5-12(21)22)13-10(19(23)24)7-9(14(15,16)17)8-11(13)20(25)26/h7-8H,2-6H2,1H3,(H,21,22). The maximum Gasteiger partial charge on any atom is 0.416 e. The lowest BCUT2D eigenvalue weighted by Gasteiger charge is -2.20. The number of anilines is 1. The van der Waals surface area contributed by atoms with Crippen LogP contribution in [0.4, 0.5) is 30.2 Å². The molecule has 0 saturated carbocycles. The minimum absolute atomic E-state index is 0.0652. The number of hydrogen-bond donors (Lipinski definition) is 1. The van der Waals surface area contributed by atoms with Crippen LogP contribution in [-0.2, 0) is 11.0 Å². The number of nitro groups is 2. The van der Waals surface area contributed by atoms with Gasteiger partial charge in [0.15, 0.2) is 5.69 Å². The Hall–Kier alpha value is -2.92. The van der Waals surface area contributed by atoms with Gasteiger partial charge in [0.2, 0.25) is 0 Å². The second-order valence-corrected chi connectivity index (χ2v) is 5.50. The second-order valence-electron chi connectivity index (χ2n) is 5.50. The first-order chi connectivity index (χ1) is 11.9. The van der Waals surface area contributed by atoms with Gasteiger partial charge < -0.3 is 10.0 Å². The summed E-state index contributed by atoms with van der Waals surface area (Å²) in [6.07, 6.45) is -3.88. The molecule has 0 radical (unpaired) electrons. The number of halogens is 3. The summed E-state index contributed by atoms with van der Waals surface area (Å²) in [5.41, 5.74) is -4.03. The largest absolute Gasteiger partial charge is 0.481 e. The summed E-state index contributed by atoms with van der Waals surface area (Å²) in [5.74, 6) is -0.979. The molecule has 144 valence electrons. The summed E-state index contributed by atoms with van der Waals surface area (Å²) in [4.78, 5) is 31.7. The molecule has 9 nitrogen and oxygen atoms in total. The Morgan fingerprint density at radius 2 is 1.62 bits per heavy atom. The van der Waals surface area contributed by atoms with Crippen molar-refractivity contribution < 1.29 is 32.9 Å². The number of carboxylic acids is 1. The van der Waals surface area contributed by atoms with Gasteiger partial charge in [-0.05, 0) is 12.8 Å². The highest BCUT2D eigenvalue weighted by Gasteiger charge is 2.38. The van der Waals surface area contributed by atoms with E-state index < -0.39 is 44.6 Å². The van der Waals surface area contributed by atoms with E-state index in [0.717, 1.165) is 4.90 Å². The van der Waals surface area contributed by atoms with Gasteiger partial charge in [0.1, 0.15) is 0 Å². The zero-order chi connectivity index (χ0) is 20.1. The van der Waals surface area contributed by atoms with E-state index in [1.165, 1.54) is 7.05 Å². The van der Waals surface area contributed by atoms with E-state index >= 15 is 0 Å². The Balaban J connectivity index is 3.16. The number of benzene rings is 1. The molecule has 1 N–H and O–H groups in total. The van der Waals surface area contributed by atoms with Crippen LogP contribution in [0.15, 0.2) is 12.1 Å². The average Bonchev–Trinajstić information content (AvgIpc) is 2.51. The molecule has 0 bridgehead atoms. The lowest BCUT2D eigenvalue weighted by Crippen LogP contribution is -2.22. The molecule has 0 aliphatic heterocycles. The normalized spacial score (nSPS) is 11.2. The summed E-state index contributed by atoms with van der Waals surface area (Å²) in [7, 11) is 1.29. The van der Waals surface area contributed by atoms with Crippen molar-refractivity contribution in [3.63, 3.8) is 0 Å². The van der Waals surface area contributed by atoms with E-state index in [9.17, 15) is 38.2 Å². The first kappa shape index (κ1) is 21.1. The van der Waals surface area contributed by atoms with Crippen molar-refractivity contribution >= 4 is 23.0 Å². The van der Waals surface area contributed by atoms with E-state index in [0.29, 0.717) is 19.3 Å². The lowest BCUT2D eigenvalue weighted by molar-refractivity contribution is -0.393. The molecule has 0 unspecified atom stereocenters. The van der Waals surface area contributed by atoms with Crippen molar-refractivity contribution in [3.05, 3.63) is 37.9 Å². The zero-order valence-corrected chi connectivity index (χ0v) is 13.7. The van der Waals surface area contributed by atoms with E-state index in [1.54, 1.807) is 0 Å². The molecular formula is C14H16F3N3O6. The van der Waals surface area contributed by atoms with Crippen molar-refractivity contribution in [3.8, 4) is 0 Å². The topological polar surface area (TPSA) is 127 Å². The molecule has 1 rings (SSSR count). The average molecular weight is 379 g/mol. The fourth-order valence-electron chi connectivity index (χ4n) is 2.35. The van der Waals surface area contributed by atoms with Crippen LogP contribution in [0.1, 0.15) is 31.2 Å². The SMILES string of the molecule is CN(CCCCCC(=O)O)c1c([N+](=O)[O-])cc(C(F)(F)F)cc1[N+](=O)[O-]. The smallest absolute Gasteiger partial charge is 0.416 e. The number of hydrogen-bond acceptors (Lipinski definition) is 6. The molecule has 0 atom stereocenters. The summed E-state index contributed by atoms with van der Waals surface area (Å²) in [6.45, 7) is 0.0761. The number of unbranched alkanes of at least 4 members (excludes halogenated alkanes) is 2. The van der Waals surface area contributed by atoms with Crippen LogP contribution in [0.3, 0.4) is 0 Å². The third-order valence-electron chi connectivity index (χ3n) is 3.56. The van der Waals surface area contributed by atoms with Gasteiger partial charge in [-0.25, -0.2) is 0 Å². The van der Waals surface area contributed by atoms with Gasteiger partial charge in [0.25, 0.3) is 11.4 Å². The van der Waals surface area contributed by atoms with E-state index in [1.807, 2.05) is 0 Å². The van der Waals surface area contributed by atoms with Crippen molar-refractivity contribution in [1.29, 1.82) is 0 Å². The Kier molecular flexibility index (Phi) is 6.86. The molecule has 0 amide bonds. The molecule has 1 aromatic rings. The molecule has 12 heteroatoms. The molecule has 0 aromatic heterocycles. The van der Waals surface area contributed by atoms with Crippen LogP contribution in [0.25, 0.3) is 0 Å². The fraction of sp³-hybridized carbons (Fsp3) is 0.500. The molecule has 1 aromatic carbocycles.